The van der Waals surface area contributed by atoms with E-state index in [4.69, 9.17) is 4.74 Å². The molecular formula is C31H48O4. The number of methoxy groups -OCH3 is 1. The van der Waals surface area contributed by atoms with Crippen molar-refractivity contribution in [3.8, 4) is 0 Å². The number of rotatable bonds is 7. The standard InChI is InChI=1S/C31H48O4/c1-19(2)24-18-25(32)21(4)23(30(24,7)17-15-28(34)35-9)12-11-22-20(3)10-13-26-29(5,6)27(33)14-16-31(22,26)8/h22,24-26,32H,1,3,10-18H2,2,4-9H3/t22-,24-,25+,26-,30+,31+/m0/s1. The van der Waals surface area contributed by atoms with E-state index in [1.165, 1.54) is 18.3 Å². The molecule has 196 valence electrons. The predicted octanol–water partition coefficient (Wildman–Crippen LogP) is 6.98. The van der Waals surface area contributed by atoms with E-state index in [-0.39, 0.29) is 28.1 Å². The van der Waals surface area contributed by atoms with Gasteiger partial charge in [-0.25, -0.2) is 0 Å². The van der Waals surface area contributed by atoms with Crippen LogP contribution in [-0.2, 0) is 14.3 Å². The van der Waals surface area contributed by atoms with E-state index in [2.05, 4.69) is 47.8 Å². The number of fused-ring (bicyclic) bond motifs is 1. The summed E-state index contributed by atoms with van der Waals surface area (Å²) in [5.41, 5.74) is 4.23. The maximum atomic E-state index is 12.8. The zero-order valence-electron chi connectivity index (χ0n) is 23.3. The van der Waals surface area contributed by atoms with E-state index in [9.17, 15) is 14.7 Å². The smallest absolute Gasteiger partial charge is 0.305 e. The summed E-state index contributed by atoms with van der Waals surface area (Å²) >= 11 is 0. The highest BCUT2D eigenvalue weighted by Gasteiger charge is 2.56. The second kappa shape index (κ2) is 10.00. The van der Waals surface area contributed by atoms with E-state index in [1.807, 2.05) is 6.92 Å². The van der Waals surface area contributed by atoms with E-state index in [0.29, 0.717) is 43.3 Å². The molecule has 0 aromatic rings. The van der Waals surface area contributed by atoms with Crippen molar-refractivity contribution in [1.82, 2.24) is 0 Å². The summed E-state index contributed by atoms with van der Waals surface area (Å²) in [5.74, 6) is 1.04. The first-order valence-corrected chi connectivity index (χ1v) is 13.5. The third kappa shape index (κ3) is 4.84. The zero-order chi connectivity index (χ0) is 26.3. The number of carbonyl (C=O) groups excluding carboxylic acids is 2. The minimum Gasteiger partial charge on any atom is -0.469 e. The molecule has 4 nitrogen and oxygen atoms in total. The molecule has 0 aromatic heterocycles. The Morgan fingerprint density at radius 2 is 1.86 bits per heavy atom. The average molecular weight is 485 g/mol. The predicted molar refractivity (Wildman–Crippen MR) is 142 cm³/mol. The Kier molecular flexibility index (Phi) is 7.97. The van der Waals surface area contributed by atoms with Crippen molar-refractivity contribution in [1.29, 1.82) is 0 Å². The lowest BCUT2D eigenvalue weighted by atomic mass is 9.46. The molecule has 3 aliphatic rings. The van der Waals surface area contributed by atoms with E-state index >= 15 is 0 Å². The van der Waals surface area contributed by atoms with Crippen molar-refractivity contribution in [3.05, 3.63) is 35.5 Å². The summed E-state index contributed by atoms with van der Waals surface area (Å²) in [6.07, 6.45) is 6.64. The SMILES string of the molecule is C=C1CC[C@H]2C(C)(C)C(=O)CC[C@]2(C)[C@H]1CCC1=C(C)[C@H](O)C[C@@H](C(=C)C)[C@]1(C)CCC(=O)OC. The first kappa shape index (κ1) is 27.9. The lowest BCUT2D eigenvalue weighted by molar-refractivity contribution is -0.145. The molecule has 0 aliphatic heterocycles. The highest BCUT2D eigenvalue weighted by Crippen LogP contribution is 2.61. The van der Waals surface area contributed by atoms with Gasteiger partial charge in [0.05, 0.1) is 13.2 Å². The normalized spacial score (nSPS) is 37.1. The Hall–Kier alpha value is -1.68. The van der Waals surface area contributed by atoms with Crippen LogP contribution in [0.25, 0.3) is 0 Å². The number of hydrogen-bond donors (Lipinski definition) is 1. The van der Waals surface area contributed by atoms with Crippen molar-refractivity contribution >= 4 is 11.8 Å². The quantitative estimate of drug-likeness (QED) is 0.313. The fourth-order valence-corrected chi connectivity index (χ4v) is 8.34. The van der Waals surface area contributed by atoms with Gasteiger partial charge < -0.3 is 9.84 Å². The maximum Gasteiger partial charge on any atom is 0.305 e. The van der Waals surface area contributed by atoms with Gasteiger partial charge >= 0.3 is 5.97 Å². The Morgan fingerprint density at radius 3 is 2.46 bits per heavy atom. The van der Waals surface area contributed by atoms with Gasteiger partial charge in [-0.1, -0.05) is 57.6 Å². The van der Waals surface area contributed by atoms with E-state index < -0.39 is 6.10 Å². The second-order valence-corrected chi connectivity index (χ2v) is 12.8. The molecule has 3 aliphatic carbocycles. The van der Waals surface area contributed by atoms with Crippen molar-refractivity contribution in [2.75, 3.05) is 7.11 Å². The van der Waals surface area contributed by atoms with Gasteiger partial charge in [0, 0.05) is 18.3 Å². The van der Waals surface area contributed by atoms with Crippen LogP contribution < -0.4 is 0 Å². The zero-order valence-corrected chi connectivity index (χ0v) is 23.3. The molecule has 0 radical (unpaired) electrons. The van der Waals surface area contributed by atoms with Crippen LogP contribution in [-0.4, -0.2) is 30.1 Å². The lowest BCUT2D eigenvalue weighted by Crippen LogP contribution is -2.53. The van der Waals surface area contributed by atoms with Gasteiger partial charge in [0.15, 0.2) is 0 Å². The van der Waals surface area contributed by atoms with Gasteiger partial charge in [0.25, 0.3) is 0 Å². The second-order valence-electron chi connectivity index (χ2n) is 12.8. The number of ether oxygens (including phenoxy) is 1. The van der Waals surface area contributed by atoms with Crippen LogP contribution in [0, 0.1) is 34.0 Å². The van der Waals surface area contributed by atoms with Crippen LogP contribution in [0.4, 0.5) is 0 Å². The average Bonchev–Trinajstić information content (AvgIpc) is 2.78. The van der Waals surface area contributed by atoms with Gasteiger partial charge in [0.2, 0.25) is 0 Å². The van der Waals surface area contributed by atoms with Crippen LogP contribution in [0.1, 0.15) is 99.3 Å². The first-order valence-electron chi connectivity index (χ1n) is 13.5. The molecule has 2 saturated carbocycles. The van der Waals surface area contributed by atoms with Crippen molar-refractivity contribution in [3.63, 3.8) is 0 Å². The Bertz CT molecular complexity index is 924. The summed E-state index contributed by atoms with van der Waals surface area (Å²) in [6, 6.07) is 0. The molecule has 0 unspecified atom stereocenters. The van der Waals surface area contributed by atoms with Crippen molar-refractivity contribution in [2.45, 2.75) is 105 Å². The summed E-state index contributed by atoms with van der Waals surface area (Å²) in [7, 11) is 1.44. The van der Waals surface area contributed by atoms with Gasteiger partial charge in [-0.2, -0.15) is 0 Å². The topological polar surface area (TPSA) is 63.6 Å². The number of Topliss-reactive ketones (excluding diaryl/α,β-unsaturated/α-hetero) is 1. The van der Waals surface area contributed by atoms with Crippen LogP contribution in [0.15, 0.2) is 35.5 Å². The fourth-order valence-electron chi connectivity index (χ4n) is 8.34. The number of carbonyl (C=O) groups is 2. The Labute approximate surface area is 213 Å². The summed E-state index contributed by atoms with van der Waals surface area (Å²) in [4.78, 5) is 24.9. The molecule has 1 N–H and O–H groups in total. The van der Waals surface area contributed by atoms with Gasteiger partial charge in [-0.15, -0.1) is 0 Å². The molecule has 35 heavy (non-hydrogen) atoms. The summed E-state index contributed by atoms with van der Waals surface area (Å²) < 4.78 is 4.97. The van der Waals surface area contributed by atoms with Crippen molar-refractivity contribution in [2.24, 2.45) is 34.0 Å². The molecule has 0 saturated heterocycles. The highest BCUT2D eigenvalue weighted by molar-refractivity contribution is 5.85. The highest BCUT2D eigenvalue weighted by atomic mass is 16.5. The van der Waals surface area contributed by atoms with Crippen LogP contribution in [0.5, 0.6) is 0 Å². The molecule has 0 heterocycles. The largest absolute Gasteiger partial charge is 0.469 e. The van der Waals surface area contributed by atoms with E-state index in [1.54, 1.807) is 0 Å². The molecule has 3 rings (SSSR count). The Balaban J connectivity index is 1.94. The number of esters is 1. The number of aliphatic hydroxyl groups is 1. The van der Waals surface area contributed by atoms with Crippen LogP contribution in [0.3, 0.4) is 0 Å². The third-order valence-electron chi connectivity index (χ3n) is 10.6. The molecule has 0 amide bonds. The monoisotopic (exact) mass is 484 g/mol. The Morgan fingerprint density at radius 1 is 1.20 bits per heavy atom. The molecule has 0 aromatic carbocycles. The lowest BCUT2D eigenvalue weighted by Gasteiger charge is -2.57. The fraction of sp³-hybridized carbons (Fsp3) is 0.742. The number of aliphatic hydroxyl groups excluding tert-OH is 1. The van der Waals surface area contributed by atoms with Crippen LogP contribution in [0.2, 0.25) is 0 Å². The molecule has 6 atom stereocenters. The van der Waals surface area contributed by atoms with Gasteiger partial charge in [-0.3, -0.25) is 9.59 Å². The summed E-state index contributed by atoms with van der Waals surface area (Å²) in [5, 5.41) is 11.0. The van der Waals surface area contributed by atoms with Crippen molar-refractivity contribution < 1.29 is 19.4 Å². The number of allylic oxidation sites excluding steroid dienone is 3. The van der Waals surface area contributed by atoms with Gasteiger partial charge in [-0.05, 0) is 93.0 Å². The number of hydrogen-bond acceptors (Lipinski definition) is 4. The third-order valence-corrected chi connectivity index (χ3v) is 10.6. The van der Waals surface area contributed by atoms with E-state index in [0.717, 1.165) is 43.3 Å². The number of ketones is 1. The maximum absolute atomic E-state index is 12.8. The minimum atomic E-state index is -0.484. The molecule has 0 bridgehead atoms. The molecule has 4 heteroatoms. The molecule has 2 fully saturated rings. The summed E-state index contributed by atoms with van der Waals surface area (Å²) in [6.45, 7) is 21.8. The minimum absolute atomic E-state index is 0.0602. The van der Waals surface area contributed by atoms with Crippen LogP contribution >= 0.6 is 0 Å². The molecule has 0 spiro atoms. The van der Waals surface area contributed by atoms with Gasteiger partial charge in [0.1, 0.15) is 5.78 Å². The molecular weight excluding hydrogens is 436 g/mol. The first-order chi connectivity index (χ1) is 16.2.